The molecule has 3 aromatic rings. The lowest BCUT2D eigenvalue weighted by Gasteiger charge is -2.14. The lowest BCUT2D eigenvalue weighted by atomic mass is 10.1. The second-order valence-corrected chi connectivity index (χ2v) is 7.44. The van der Waals surface area contributed by atoms with Crippen LogP contribution in [0.15, 0.2) is 42.5 Å². The van der Waals surface area contributed by atoms with Crippen molar-refractivity contribution in [2.75, 3.05) is 10.6 Å². The number of rotatable bonds is 4. The van der Waals surface area contributed by atoms with Gasteiger partial charge in [-0.3, -0.25) is 4.68 Å². The van der Waals surface area contributed by atoms with E-state index in [0.29, 0.717) is 10.1 Å². The van der Waals surface area contributed by atoms with Crippen molar-refractivity contribution in [1.82, 2.24) is 9.78 Å². The maximum absolute atomic E-state index is 6.18. The van der Waals surface area contributed by atoms with E-state index in [1.165, 1.54) is 11.1 Å². The molecule has 27 heavy (non-hydrogen) atoms. The highest BCUT2D eigenvalue weighted by molar-refractivity contribution is 7.80. The molecule has 0 radical (unpaired) electrons. The molecule has 0 aliphatic rings. The molecule has 0 saturated heterocycles. The average Bonchev–Trinajstić information content (AvgIpc) is 2.88. The Morgan fingerprint density at radius 1 is 1.04 bits per heavy atom. The summed E-state index contributed by atoms with van der Waals surface area (Å²) in [5.41, 5.74) is 7.25. The number of nitrogens with zero attached hydrogens (tertiary/aromatic N) is 2. The van der Waals surface area contributed by atoms with E-state index in [0.717, 1.165) is 34.9 Å². The Bertz CT molecular complexity index is 994. The molecule has 0 amide bonds. The molecule has 1 aromatic heterocycles. The first-order valence-corrected chi connectivity index (χ1v) is 9.57. The molecule has 4 nitrogen and oxygen atoms in total. The molecule has 2 N–H and O–H groups in total. The quantitative estimate of drug-likeness (QED) is 0.559. The number of aryl methyl sites for hydroxylation is 2. The minimum atomic E-state index is 0.516. The van der Waals surface area contributed by atoms with Crippen molar-refractivity contribution >= 4 is 40.3 Å². The Balaban J connectivity index is 1.77. The van der Waals surface area contributed by atoms with Crippen LogP contribution in [0.4, 0.5) is 11.4 Å². The smallest absolute Gasteiger partial charge is 0.175 e. The van der Waals surface area contributed by atoms with Crippen molar-refractivity contribution in [2.45, 2.75) is 34.2 Å². The van der Waals surface area contributed by atoms with Gasteiger partial charge in [-0.2, -0.15) is 5.10 Å². The van der Waals surface area contributed by atoms with Gasteiger partial charge in [0.2, 0.25) is 0 Å². The van der Waals surface area contributed by atoms with Crippen molar-refractivity contribution in [2.24, 2.45) is 0 Å². The summed E-state index contributed by atoms with van der Waals surface area (Å²) in [6.07, 6.45) is 0. The van der Waals surface area contributed by atoms with Gasteiger partial charge in [0.25, 0.3) is 0 Å². The van der Waals surface area contributed by atoms with Gasteiger partial charge in [0.1, 0.15) is 0 Å². The summed E-state index contributed by atoms with van der Waals surface area (Å²) in [5.74, 6) is 0. The third-order valence-corrected chi connectivity index (χ3v) is 5.33. The summed E-state index contributed by atoms with van der Waals surface area (Å²) in [6, 6.07) is 14.1. The lowest BCUT2D eigenvalue weighted by Crippen LogP contribution is -2.20. The second kappa shape index (κ2) is 8.11. The fourth-order valence-electron chi connectivity index (χ4n) is 2.99. The summed E-state index contributed by atoms with van der Waals surface area (Å²) in [7, 11) is 0. The van der Waals surface area contributed by atoms with Crippen molar-refractivity contribution < 1.29 is 0 Å². The third-order valence-electron chi connectivity index (χ3n) is 4.72. The average molecular weight is 399 g/mol. The largest absolute Gasteiger partial charge is 0.332 e. The molecule has 140 valence electrons. The van der Waals surface area contributed by atoms with Crippen molar-refractivity contribution in [1.29, 1.82) is 0 Å². The molecular formula is C21H23ClN4S. The number of nitrogens with one attached hydrogen (secondary N) is 2. The molecule has 0 aliphatic heterocycles. The zero-order valence-corrected chi connectivity index (χ0v) is 17.5. The van der Waals surface area contributed by atoms with Crippen LogP contribution in [0.2, 0.25) is 5.02 Å². The summed E-state index contributed by atoms with van der Waals surface area (Å²) < 4.78 is 2.01. The topological polar surface area (TPSA) is 41.9 Å². The molecule has 2 aromatic carbocycles. The Morgan fingerprint density at radius 3 is 2.52 bits per heavy atom. The fourth-order valence-corrected chi connectivity index (χ4v) is 3.38. The first-order valence-electron chi connectivity index (χ1n) is 8.78. The predicted molar refractivity (Wildman–Crippen MR) is 118 cm³/mol. The molecule has 0 unspecified atom stereocenters. The molecule has 0 fully saturated rings. The number of hydrogen-bond donors (Lipinski definition) is 2. The molecule has 1 heterocycles. The maximum atomic E-state index is 6.18. The number of halogens is 1. The highest BCUT2D eigenvalue weighted by Crippen LogP contribution is 2.25. The summed E-state index contributed by atoms with van der Waals surface area (Å²) >= 11 is 11.7. The molecule has 0 atom stereocenters. The van der Waals surface area contributed by atoms with Crippen LogP contribution < -0.4 is 10.6 Å². The number of thiocarbonyl (C=S) groups is 1. The van der Waals surface area contributed by atoms with E-state index >= 15 is 0 Å². The normalized spacial score (nSPS) is 10.7. The molecule has 0 aliphatic carbocycles. The molecular weight excluding hydrogens is 376 g/mol. The monoisotopic (exact) mass is 398 g/mol. The van der Waals surface area contributed by atoms with E-state index in [9.17, 15) is 0 Å². The molecule has 6 heteroatoms. The van der Waals surface area contributed by atoms with Gasteiger partial charge >= 0.3 is 0 Å². The van der Waals surface area contributed by atoms with Crippen LogP contribution in [0.25, 0.3) is 0 Å². The van der Waals surface area contributed by atoms with Crippen molar-refractivity contribution in [3.8, 4) is 0 Å². The predicted octanol–water partition coefficient (Wildman–Crippen LogP) is 5.63. The standard InChI is InChI=1S/C21H23ClN4S/c1-13-8-5-6-9-17(13)12-26-16(4)20(15(3)25-26)24-21(27)23-19-11-7-10-18(22)14(19)2/h5-11H,12H2,1-4H3,(H2,23,24,27). The van der Waals surface area contributed by atoms with Crippen molar-refractivity contribution in [3.05, 3.63) is 75.6 Å². The van der Waals surface area contributed by atoms with Gasteiger partial charge in [-0.15, -0.1) is 0 Å². The summed E-state index contributed by atoms with van der Waals surface area (Å²) in [6.45, 7) is 8.84. The Hall–Kier alpha value is -2.37. The maximum Gasteiger partial charge on any atom is 0.175 e. The van der Waals surface area contributed by atoms with Gasteiger partial charge in [-0.25, -0.2) is 0 Å². The van der Waals surface area contributed by atoms with E-state index in [1.807, 2.05) is 43.7 Å². The zero-order valence-electron chi connectivity index (χ0n) is 15.9. The van der Waals surface area contributed by atoms with Gasteiger partial charge < -0.3 is 10.6 Å². The van der Waals surface area contributed by atoms with E-state index < -0.39 is 0 Å². The molecule has 0 spiro atoms. The van der Waals surface area contributed by atoms with Gasteiger partial charge in [0.15, 0.2) is 5.11 Å². The zero-order chi connectivity index (χ0) is 19.6. The minimum Gasteiger partial charge on any atom is -0.332 e. The molecule has 0 bridgehead atoms. The van der Waals surface area contributed by atoms with Crippen LogP contribution in [0.3, 0.4) is 0 Å². The second-order valence-electron chi connectivity index (χ2n) is 6.62. The highest BCUT2D eigenvalue weighted by atomic mass is 35.5. The van der Waals surface area contributed by atoms with Crippen LogP contribution in [-0.4, -0.2) is 14.9 Å². The Labute approximate surface area is 170 Å². The van der Waals surface area contributed by atoms with E-state index in [1.54, 1.807) is 0 Å². The molecule has 0 saturated carbocycles. The number of anilines is 2. The minimum absolute atomic E-state index is 0.516. The number of aromatic nitrogens is 2. The van der Waals surface area contributed by atoms with Crippen LogP contribution in [0, 0.1) is 27.7 Å². The Morgan fingerprint density at radius 2 is 1.78 bits per heavy atom. The first kappa shape index (κ1) is 19.4. The van der Waals surface area contributed by atoms with Gasteiger partial charge in [-0.1, -0.05) is 41.9 Å². The van der Waals surface area contributed by atoms with Crippen LogP contribution in [0.5, 0.6) is 0 Å². The van der Waals surface area contributed by atoms with Crippen LogP contribution in [-0.2, 0) is 6.54 Å². The van der Waals surface area contributed by atoms with Crippen LogP contribution in [0.1, 0.15) is 28.1 Å². The number of hydrogen-bond acceptors (Lipinski definition) is 2. The van der Waals surface area contributed by atoms with Crippen molar-refractivity contribution in [3.63, 3.8) is 0 Å². The summed E-state index contributed by atoms with van der Waals surface area (Å²) in [5, 5.41) is 12.4. The lowest BCUT2D eigenvalue weighted by molar-refractivity contribution is 0.657. The summed E-state index contributed by atoms with van der Waals surface area (Å²) in [4.78, 5) is 0. The van der Waals surface area contributed by atoms with Gasteiger partial charge in [-0.05, 0) is 68.7 Å². The highest BCUT2D eigenvalue weighted by Gasteiger charge is 2.14. The van der Waals surface area contributed by atoms with E-state index in [4.69, 9.17) is 23.8 Å². The SMILES string of the molecule is Cc1ccccc1Cn1nc(C)c(NC(=S)Nc2cccc(Cl)c2C)c1C. The van der Waals surface area contributed by atoms with E-state index in [-0.39, 0.29) is 0 Å². The van der Waals surface area contributed by atoms with Gasteiger partial charge in [0, 0.05) is 10.7 Å². The Kier molecular flexibility index (Phi) is 5.82. The molecule has 3 rings (SSSR count). The van der Waals surface area contributed by atoms with E-state index in [2.05, 4.69) is 46.9 Å². The fraction of sp³-hybridized carbons (Fsp3) is 0.238. The first-order chi connectivity index (χ1) is 12.9. The van der Waals surface area contributed by atoms with Crippen LogP contribution >= 0.6 is 23.8 Å². The number of benzene rings is 2. The third kappa shape index (κ3) is 4.31. The van der Waals surface area contributed by atoms with Gasteiger partial charge in [0.05, 0.1) is 23.6 Å².